The second-order valence-corrected chi connectivity index (χ2v) is 14.8. The van der Waals surface area contributed by atoms with Crippen LogP contribution in [-0.2, 0) is 30.3 Å². The molecule has 11 heteroatoms. The molecule has 1 aromatic carbocycles. The number of esters is 2. The molecule has 1 N–H and O–H groups in total. The maximum absolute atomic E-state index is 13.9. The average Bonchev–Trinajstić information content (AvgIpc) is 3.42. The molecule has 2 aromatic rings. The molecule has 2 saturated heterocycles. The average molecular weight is 697 g/mol. The summed E-state index contributed by atoms with van der Waals surface area (Å²) in [5.41, 5.74) is 1.76. The molecule has 2 fully saturated rings. The number of hydrogen-bond acceptors (Lipinski definition) is 10. The van der Waals surface area contributed by atoms with Gasteiger partial charge >= 0.3 is 11.9 Å². The van der Waals surface area contributed by atoms with Crippen LogP contribution in [0, 0.1) is 29.6 Å². The number of nitrogens with zero attached hydrogens (tertiary/aromatic N) is 1. The Balaban J connectivity index is 1.55. The largest absolute Gasteiger partial charge is 0.493 e. The zero-order chi connectivity index (χ0) is 35.7. The highest BCUT2D eigenvalue weighted by molar-refractivity contribution is 8.00. The van der Waals surface area contributed by atoms with Gasteiger partial charge in [0.25, 0.3) is 5.91 Å². The van der Waals surface area contributed by atoms with E-state index < -0.39 is 29.3 Å². The van der Waals surface area contributed by atoms with Gasteiger partial charge in [0.1, 0.15) is 23.2 Å². The van der Waals surface area contributed by atoms with Crippen molar-refractivity contribution in [1.82, 2.24) is 4.98 Å². The fraction of sp³-hybridized carbons (Fsp3) is 0.605. The minimum absolute atomic E-state index is 0.114. The molecule has 0 radical (unpaired) electrons. The van der Waals surface area contributed by atoms with Crippen LogP contribution in [0.1, 0.15) is 89.1 Å². The van der Waals surface area contributed by atoms with Crippen molar-refractivity contribution in [2.24, 2.45) is 29.6 Å². The van der Waals surface area contributed by atoms with E-state index in [1.165, 1.54) is 11.8 Å². The van der Waals surface area contributed by atoms with Crippen LogP contribution in [0.25, 0.3) is 0 Å². The van der Waals surface area contributed by atoms with Gasteiger partial charge in [-0.2, -0.15) is 0 Å². The molecule has 0 saturated carbocycles. The molecule has 10 nitrogen and oxygen atoms in total. The normalized spacial score (nSPS) is 28.1. The highest BCUT2D eigenvalue weighted by Gasteiger charge is 2.53. The number of rotatable bonds is 10. The third kappa shape index (κ3) is 9.35. The SMILES string of the molecule is CC[C@H]1OC(=O)C(C)CCCC(C)CC(C)C(=O)C(C)C2C(SCCCc3c(C(=O)Nc4ccncc4)ccc(OC)c3OC)C(=O)OC21. The van der Waals surface area contributed by atoms with Crippen LogP contribution >= 0.6 is 11.8 Å². The summed E-state index contributed by atoms with van der Waals surface area (Å²) in [6, 6.07) is 6.85. The molecule has 0 aliphatic carbocycles. The monoisotopic (exact) mass is 696 g/mol. The quantitative estimate of drug-likeness (QED) is 0.206. The third-order valence-electron chi connectivity index (χ3n) is 9.95. The number of benzene rings is 1. The van der Waals surface area contributed by atoms with Crippen molar-refractivity contribution < 1.29 is 38.1 Å². The summed E-state index contributed by atoms with van der Waals surface area (Å²) >= 11 is 1.46. The van der Waals surface area contributed by atoms with Crippen molar-refractivity contribution in [3.05, 3.63) is 47.8 Å². The summed E-state index contributed by atoms with van der Waals surface area (Å²) in [5, 5.41) is 2.31. The summed E-state index contributed by atoms with van der Waals surface area (Å²) in [7, 11) is 3.09. The Morgan fingerprint density at radius 1 is 0.959 bits per heavy atom. The molecular formula is C38H52N2O8S. The van der Waals surface area contributed by atoms with Crippen LogP contribution in [0.5, 0.6) is 11.5 Å². The number of cyclic esters (lactones) is 1. The predicted molar refractivity (Wildman–Crippen MR) is 190 cm³/mol. The van der Waals surface area contributed by atoms with E-state index in [1.54, 1.807) is 50.9 Å². The van der Waals surface area contributed by atoms with Crippen LogP contribution in [0.3, 0.4) is 0 Å². The molecule has 3 heterocycles. The Morgan fingerprint density at radius 2 is 1.69 bits per heavy atom. The van der Waals surface area contributed by atoms with E-state index in [0.717, 1.165) is 25.7 Å². The highest BCUT2D eigenvalue weighted by atomic mass is 32.2. The fourth-order valence-electron chi connectivity index (χ4n) is 7.22. The smallest absolute Gasteiger partial charge is 0.319 e. The lowest BCUT2D eigenvalue weighted by Gasteiger charge is -2.33. The van der Waals surface area contributed by atoms with Crippen molar-refractivity contribution in [2.75, 3.05) is 25.3 Å². The Hall–Kier alpha value is -3.60. The van der Waals surface area contributed by atoms with Gasteiger partial charge in [0, 0.05) is 47.0 Å². The van der Waals surface area contributed by atoms with Crippen molar-refractivity contribution in [3.8, 4) is 11.5 Å². The summed E-state index contributed by atoms with van der Waals surface area (Å²) in [4.78, 5) is 58.0. The van der Waals surface area contributed by atoms with Crippen LogP contribution in [0.2, 0.25) is 0 Å². The summed E-state index contributed by atoms with van der Waals surface area (Å²) in [6.45, 7) is 9.85. The number of nitrogens with one attached hydrogen (secondary N) is 1. The van der Waals surface area contributed by atoms with E-state index in [-0.39, 0.29) is 35.5 Å². The Morgan fingerprint density at radius 3 is 2.37 bits per heavy atom. The van der Waals surface area contributed by atoms with Crippen LogP contribution in [0.15, 0.2) is 36.7 Å². The highest BCUT2D eigenvalue weighted by Crippen LogP contribution is 2.42. The number of carbonyl (C=O) groups is 4. The number of pyridine rings is 1. The molecule has 8 atom stereocenters. The Kier molecular flexibility index (Phi) is 13.9. The standard InChI is InChI=1S/C38H52N2O8S/c1-8-29-34-31(25(5)32(41)24(4)21-22(2)11-9-12-23(3)37(43)47-29)35(38(44)48-34)49-20-10-13-27-28(14-15-30(45-6)33(27)46-7)36(42)40-26-16-18-39-19-17-26/h14-19,22-25,29,31,34-35H,8-13,20-21H2,1-7H3,(H,39,40,42)/t22?,23?,24?,25?,29-,31?,34?,35?/m1/s1. The maximum atomic E-state index is 13.9. The van der Waals surface area contributed by atoms with E-state index in [4.69, 9.17) is 18.9 Å². The van der Waals surface area contributed by atoms with E-state index in [1.807, 2.05) is 27.7 Å². The lowest BCUT2D eigenvalue weighted by Crippen LogP contribution is -2.43. The number of thioether (sulfide) groups is 1. The van der Waals surface area contributed by atoms with Crippen LogP contribution < -0.4 is 14.8 Å². The molecule has 1 aromatic heterocycles. The van der Waals surface area contributed by atoms with Gasteiger partial charge in [0.05, 0.1) is 20.1 Å². The Labute approximate surface area is 294 Å². The second-order valence-electron chi connectivity index (χ2n) is 13.5. The van der Waals surface area contributed by atoms with Gasteiger partial charge in [0.2, 0.25) is 0 Å². The molecule has 0 spiro atoms. The lowest BCUT2D eigenvalue weighted by molar-refractivity contribution is -0.167. The lowest BCUT2D eigenvalue weighted by atomic mass is 9.77. The summed E-state index contributed by atoms with van der Waals surface area (Å²) < 4.78 is 23.3. The van der Waals surface area contributed by atoms with Crippen molar-refractivity contribution in [2.45, 2.75) is 97.0 Å². The van der Waals surface area contributed by atoms with Crippen molar-refractivity contribution >= 4 is 41.1 Å². The molecule has 1 amide bonds. The van der Waals surface area contributed by atoms with Gasteiger partial charge < -0.3 is 24.3 Å². The van der Waals surface area contributed by atoms with Gasteiger partial charge in [-0.25, -0.2) is 0 Å². The topological polar surface area (TPSA) is 130 Å². The van der Waals surface area contributed by atoms with Crippen LogP contribution in [0.4, 0.5) is 5.69 Å². The summed E-state index contributed by atoms with van der Waals surface area (Å²) in [6.07, 6.45) is 6.73. The number of hydrogen-bond donors (Lipinski definition) is 1. The fourth-order valence-corrected chi connectivity index (χ4v) is 8.59. The van der Waals surface area contributed by atoms with E-state index >= 15 is 0 Å². The number of fused-ring (bicyclic) bond motifs is 1. The number of ether oxygens (including phenoxy) is 4. The van der Waals surface area contributed by atoms with E-state index in [9.17, 15) is 19.2 Å². The first-order valence-electron chi connectivity index (χ1n) is 17.5. The molecule has 4 rings (SSSR count). The van der Waals surface area contributed by atoms with Gasteiger partial charge in [-0.3, -0.25) is 24.2 Å². The number of Topliss-reactive ketones (excluding diaryl/α,β-unsaturated/α-hetero) is 1. The van der Waals surface area contributed by atoms with Crippen LogP contribution in [-0.4, -0.2) is 66.0 Å². The predicted octanol–water partition coefficient (Wildman–Crippen LogP) is 6.94. The maximum Gasteiger partial charge on any atom is 0.319 e. The van der Waals surface area contributed by atoms with Crippen molar-refractivity contribution in [1.29, 1.82) is 0 Å². The number of ketones is 1. The molecule has 0 bridgehead atoms. The van der Waals surface area contributed by atoms with Gasteiger partial charge in [-0.05, 0) is 68.0 Å². The van der Waals surface area contributed by atoms with Gasteiger partial charge in [0.15, 0.2) is 11.5 Å². The number of methoxy groups -OCH3 is 2. The molecule has 2 aliphatic rings. The molecule has 7 unspecified atom stereocenters. The molecule has 2 aliphatic heterocycles. The number of amides is 1. The third-order valence-corrected chi connectivity index (χ3v) is 11.3. The van der Waals surface area contributed by atoms with E-state index in [0.29, 0.717) is 59.2 Å². The first kappa shape index (κ1) is 38.2. The first-order chi connectivity index (χ1) is 23.5. The first-order valence-corrected chi connectivity index (χ1v) is 18.6. The van der Waals surface area contributed by atoms with Crippen molar-refractivity contribution in [3.63, 3.8) is 0 Å². The zero-order valence-electron chi connectivity index (χ0n) is 29.9. The minimum atomic E-state index is -0.709. The zero-order valence-corrected chi connectivity index (χ0v) is 30.7. The van der Waals surface area contributed by atoms with E-state index in [2.05, 4.69) is 17.2 Å². The van der Waals surface area contributed by atoms with Gasteiger partial charge in [-0.1, -0.05) is 47.5 Å². The van der Waals surface area contributed by atoms with Gasteiger partial charge in [-0.15, -0.1) is 11.8 Å². The Bertz CT molecular complexity index is 1450. The molecule has 268 valence electrons. The second kappa shape index (κ2) is 17.9. The number of carbonyl (C=O) groups excluding carboxylic acids is 4. The summed E-state index contributed by atoms with van der Waals surface area (Å²) in [5.74, 6) is -0.302. The minimum Gasteiger partial charge on any atom is -0.493 e. The molecule has 49 heavy (non-hydrogen) atoms. The number of aromatic nitrogens is 1. The molecular weight excluding hydrogens is 644 g/mol. The number of anilines is 1.